The van der Waals surface area contributed by atoms with Crippen LogP contribution in [-0.2, 0) is 0 Å². The number of hydrogen-bond acceptors (Lipinski definition) is 0. The molecule has 3 rings (SSSR count). The minimum absolute atomic E-state index is 0.442. The smallest absolute Gasteiger partial charge is 0.208 e. The van der Waals surface area contributed by atoms with Crippen LogP contribution in [0.25, 0.3) is 5.57 Å². The Morgan fingerprint density at radius 1 is 1.14 bits per heavy atom. The van der Waals surface area contributed by atoms with E-state index < -0.39 is 0 Å². The highest BCUT2D eigenvalue weighted by atomic mass is 15.0. The number of fused-ring (bicyclic) bond motifs is 2. The number of nitrogens with zero attached hydrogens (tertiary/aromatic N) is 1. The first-order valence-electron chi connectivity index (χ1n) is 4.92. The molecule has 1 atom stereocenters. The van der Waals surface area contributed by atoms with E-state index in [0.717, 1.165) is 0 Å². The molecule has 0 N–H and O–H groups in total. The molecule has 1 nitrogen and oxygen atoms in total. The van der Waals surface area contributed by atoms with E-state index >= 15 is 0 Å². The Hall–Kier alpha value is -1.63. The number of likely N-dealkylation sites (N-methyl/N-ethyl adjacent to an activating group) is 1. The number of para-hydroxylation sites is 1. The Bertz CT molecular complexity index is 561. The van der Waals surface area contributed by atoms with Crippen LogP contribution in [-0.4, -0.2) is 13.1 Å². The SMILES string of the molecule is C[N+]1=c2ccccc2=C2C=CC=CC21. The van der Waals surface area contributed by atoms with Crippen molar-refractivity contribution in [3.63, 3.8) is 0 Å². The zero-order valence-corrected chi connectivity index (χ0v) is 8.14. The van der Waals surface area contributed by atoms with Crippen LogP contribution in [0.15, 0.2) is 48.6 Å². The molecule has 1 heterocycles. The van der Waals surface area contributed by atoms with Gasteiger partial charge in [-0.05, 0) is 12.1 Å². The van der Waals surface area contributed by atoms with E-state index in [2.05, 4.69) is 60.2 Å². The van der Waals surface area contributed by atoms with Crippen LogP contribution in [0.3, 0.4) is 0 Å². The zero-order valence-electron chi connectivity index (χ0n) is 8.14. The van der Waals surface area contributed by atoms with Gasteiger partial charge in [0.25, 0.3) is 0 Å². The van der Waals surface area contributed by atoms with Crippen molar-refractivity contribution in [2.45, 2.75) is 6.04 Å². The Kier molecular flexibility index (Phi) is 1.48. The Labute approximate surface area is 83.0 Å². The average molecular weight is 182 g/mol. The lowest BCUT2D eigenvalue weighted by atomic mass is 10.0. The minimum Gasteiger partial charge on any atom is -0.221 e. The van der Waals surface area contributed by atoms with Crippen LogP contribution < -0.4 is 15.2 Å². The van der Waals surface area contributed by atoms with Gasteiger partial charge in [-0.2, -0.15) is 0 Å². The van der Waals surface area contributed by atoms with E-state index in [1.165, 1.54) is 16.1 Å². The number of rotatable bonds is 0. The molecule has 0 saturated carbocycles. The van der Waals surface area contributed by atoms with Crippen LogP contribution in [0.4, 0.5) is 0 Å². The fourth-order valence-corrected chi connectivity index (χ4v) is 2.29. The van der Waals surface area contributed by atoms with Crippen LogP contribution in [0.5, 0.6) is 0 Å². The van der Waals surface area contributed by atoms with Gasteiger partial charge in [0.1, 0.15) is 7.05 Å². The van der Waals surface area contributed by atoms with Gasteiger partial charge in [0.15, 0.2) is 6.04 Å². The second-order valence-corrected chi connectivity index (χ2v) is 3.77. The van der Waals surface area contributed by atoms with Gasteiger partial charge in [-0.15, -0.1) is 0 Å². The third kappa shape index (κ3) is 0.869. The third-order valence-electron chi connectivity index (χ3n) is 3.01. The molecule has 14 heavy (non-hydrogen) atoms. The quantitative estimate of drug-likeness (QED) is 0.513. The zero-order chi connectivity index (χ0) is 9.54. The molecule has 68 valence electrons. The number of allylic oxidation sites excluding steroid dienone is 2. The van der Waals surface area contributed by atoms with Gasteiger partial charge in [0.05, 0.1) is 5.22 Å². The Balaban J connectivity index is 2.49. The number of hydrogen-bond donors (Lipinski definition) is 0. The Morgan fingerprint density at radius 2 is 2.00 bits per heavy atom. The third-order valence-corrected chi connectivity index (χ3v) is 3.01. The first-order valence-corrected chi connectivity index (χ1v) is 4.92. The topological polar surface area (TPSA) is 3.01 Å². The molecule has 1 aliphatic carbocycles. The highest BCUT2D eigenvalue weighted by Crippen LogP contribution is 2.14. The van der Waals surface area contributed by atoms with Crippen molar-refractivity contribution in [3.05, 3.63) is 59.1 Å². The molecular weight excluding hydrogens is 170 g/mol. The fourth-order valence-electron chi connectivity index (χ4n) is 2.29. The summed E-state index contributed by atoms with van der Waals surface area (Å²) < 4.78 is 2.32. The summed E-state index contributed by atoms with van der Waals surface area (Å²) in [5, 5.41) is 2.71. The molecule has 1 heteroatoms. The molecule has 1 aromatic rings. The summed E-state index contributed by atoms with van der Waals surface area (Å²) in [7, 11) is 2.15. The summed E-state index contributed by atoms with van der Waals surface area (Å²) in [6, 6.07) is 9.03. The van der Waals surface area contributed by atoms with Crippen molar-refractivity contribution in [1.29, 1.82) is 0 Å². The van der Waals surface area contributed by atoms with Gasteiger partial charge in [-0.1, -0.05) is 30.4 Å². The van der Waals surface area contributed by atoms with Gasteiger partial charge in [0, 0.05) is 11.6 Å². The lowest BCUT2D eigenvalue weighted by molar-refractivity contribution is 0.680. The second-order valence-electron chi connectivity index (χ2n) is 3.77. The molecule has 0 amide bonds. The van der Waals surface area contributed by atoms with Crippen LogP contribution in [0.2, 0.25) is 0 Å². The second kappa shape index (κ2) is 2.68. The molecule has 0 spiro atoms. The van der Waals surface area contributed by atoms with E-state index in [1.54, 1.807) is 0 Å². The molecule has 1 aliphatic heterocycles. The molecule has 1 aromatic carbocycles. The van der Waals surface area contributed by atoms with Gasteiger partial charge in [-0.25, -0.2) is 4.58 Å². The fraction of sp³-hybridized carbons (Fsp3) is 0.154. The number of benzene rings is 1. The molecule has 0 fully saturated rings. The summed E-state index contributed by atoms with van der Waals surface area (Å²) in [5.74, 6) is 0. The van der Waals surface area contributed by atoms with Crippen molar-refractivity contribution in [3.8, 4) is 0 Å². The molecule has 0 bridgehead atoms. The summed E-state index contributed by atoms with van der Waals surface area (Å²) in [6.07, 6.45) is 8.70. The van der Waals surface area contributed by atoms with Crippen molar-refractivity contribution in [1.82, 2.24) is 4.58 Å². The first kappa shape index (κ1) is 7.74. The van der Waals surface area contributed by atoms with Gasteiger partial charge >= 0.3 is 0 Å². The monoisotopic (exact) mass is 182 g/mol. The van der Waals surface area contributed by atoms with Crippen LogP contribution in [0.1, 0.15) is 0 Å². The Morgan fingerprint density at radius 3 is 2.93 bits per heavy atom. The standard InChI is InChI=1S/C13H12N/c1-14-12-8-4-2-6-10(12)11-7-3-5-9-13(11)14/h2-9,12H,1H3/q+1. The van der Waals surface area contributed by atoms with Crippen molar-refractivity contribution < 1.29 is 0 Å². The largest absolute Gasteiger partial charge is 0.221 e. The van der Waals surface area contributed by atoms with Crippen molar-refractivity contribution in [2.24, 2.45) is 0 Å². The van der Waals surface area contributed by atoms with E-state index in [9.17, 15) is 0 Å². The predicted octanol–water partition coefficient (Wildman–Crippen LogP) is 0.466. The van der Waals surface area contributed by atoms with E-state index in [-0.39, 0.29) is 0 Å². The van der Waals surface area contributed by atoms with Crippen LogP contribution >= 0.6 is 0 Å². The molecule has 0 aromatic heterocycles. The average Bonchev–Trinajstić information content (AvgIpc) is 2.55. The normalized spacial score (nSPS) is 22.5. The maximum absolute atomic E-state index is 2.32. The summed E-state index contributed by atoms with van der Waals surface area (Å²) >= 11 is 0. The summed E-state index contributed by atoms with van der Waals surface area (Å²) in [6.45, 7) is 0. The molecule has 2 aliphatic rings. The highest BCUT2D eigenvalue weighted by molar-refractivity contribution is 5.68. The van der Waals surface area contributed by atoms with Crippen molar-refractivity contribution in [2.75, 3.05) is 7.05 Å². The molecule has 1 unspecified atom stereocenters. The molecule has 0 radical (unpaired) electrons. The molecular formula is C13H12N+. The lowest BCUT2D eigenvalue weighted by Crippen LogP contribution is -2.33. The van der Waals surface area contributed by atoms with Crippen LogP contribution in [0, 0.1) is 0 Å². The maximum Gasteiger partial charge on any atom is 0.208 e. The van der Waals surface area contributed by atoms with Gasteiger partial charge in [0.2, 0.25) is 5.36 Å². The van der Waals surface area contributed by atoms with E-state index in [1.807, 2.05) is 0 Å². The van der Waals surface area contributed by atoms with E-state index in [0.29, 0.717) is 6.04 Å². The molecule has 0 saturated heterocycles. The van der Waals surface area contributed by atoms with Gasteiger partial charge < -0.3 is 0 Å². The highest BCUT2D eigenvalue weighted by Gasteiger charge is 2.26. The lowest BCUT2D eigenvalue weighted by Gasteiger charge is -2.07. The minimum atomic E-state index is 0.442. The van der Waals surface area contributed by atoms with Gasteiger partial charge in [-0.3, -0.25) is 0 Å². The first-order chi connectivity index (χ1) is 6.88. The van der Waals surface area contributed by atoms with E-state index in [4.69, 9.17) is 0 Å². The summed E-state index contributed by atoms with van der Waals surface area (Å²) in [5.41, 5.74) is 1.42. The predicted molar refractivity (Wildman–Crippen MR) is 58.3 cm³/mol. The summed E-state index contributed by atoms with van der Waals surface area (Å²) in [4.78, 5) is 0. The maximum atomic E-state index is 2.32. The van der Waals surface area contributed by atoms with Crippen molar-refractivity contribution >= 4 is 5.57 Å².